The van der Waals surface area contributed by atoms with Crippen LogP contribution in [-0.4, -0.2) is 29.9 Å². The van der Waals surface area contributed by atoms with Gasteiger partial charge in [0.15, 0.2) is 0 Å². The van der Waals surface area contributed by atoms with Gasteiger partial charge in [0.1, 0.15) is 11.8 Å². The first-order valence-corrected chi connectivity index (χ1v) is 7.42. The van der Waals surface area contributed by atoms with Crippen LogP contribution in [0.4, 0.5) is 0 Å². The minimum atomic E-state index is -0.303. The topological polar surface area (TPSA) is 69.3 Å². The second-order valence-electron chi connectivity index (χ2n) is 6.58. The van der Waals surface area contributed by atoms with E-state index in [1.54, 1.807) is 6.07 Å². The maximum Gasteiger partial charge on any atom is 0.227 e. The van der Waals surface area contributed by atoms with E-state index in [9.17, 15) is 4.79 Å². The standard InChI is InChI=1S/C16H23N3O2/c1-16(2,3)15(20)19-8-6-12(7-9-19)18-11-14-5-4-13(10-17)21-14/h4-5,12,18H,6-9,11H2,1-3H3. The lowest BCUT2D eigenvalue weighted by Gasteiger charge is -2.36. The molecule has 0 bridgehead atoms. The van der Waals surface area contributed by atoms with Gasteiger partial charge >= 0.3 is 0 Å². The van der Waals surface area contributed by atoms with Gasteiger partial charge < -0.3 is 14.6 Å². The first-order valence-electron chi connectivity index (χ1n) is 7.42. The van der Waals surface area contributed by atoms with Gasteiger partial charge in [0, 0.05) is 24.5 Å². The number of nitrogens with zero attached hydrogens (tertiary/aromatic N) is 2. The van der Waals surface area contributed by atoms with Crippen molar-refractivity contribution in [2.24, 2.45) is 5.41 Å². The molecule has 1 aromatic heterocycles. The van der Waals surface area contributed by atoms with E-state index in [1.807, 2.05) is 37.8 Å². The molecule has 1 aliphatic rings. The molecule has 1 N–H and O–H groups in total. The van der Waals surface area contributed by atoms with Gasteiger partial charge in [-0.2, -0.15) is 5.26 Å². The fourth-order valence-corrected chi connectivity index (χ4v) is 2.54. The number of carbonyl (C=O) groups is 1. The Morgan fingerprint density at radius 3 is 2.62 bits per heavy atom. The van der Waals surface area contributed by atoms with E-state index in [0.717, 1.165) is 31.7 Å². The third kappa shape index (κ3) is 4.08. The lowest BCUT2D eigenvalue weighted by atomic mass is 9.93. The van der Waals surface area contributed by atoms with Crippen molar-refractivity contribution in [3.63, 3.8) is 0 Å². The molecule has 1 saturated heterocycles. The van der Waals surface area contributed by atoms with Crippen LogP contribution in [0, 0.1) is 16.7 Å². The van der Waals surface area contributed by atoms with Crippen LogP contribution in [0.1, 0.15) is 45.1 Å². The minimum absolute atomic E-state index is 0.227. The van der Waals surface area contributed by atoms with Gasteiger partial charge in [0.2, 0.25) is 11.7 Å². The van der Waals surface area contributed by atoms with Crippen molar-refractivity contribution in [2.75, 3.05) is 13.1 Å². The number of hydrogen-bond acceptors (Lipinski definition) is 4. The van der Waals surface area contributed by atoms with Gasteiger partial charge in [-0.05, 0) is 25.0 Å². The average molecular weight is 289 g/mol. The molecule has 0 unspecified atom stereocenters. The highest BCUT2D eigenvalue weighted by molar-refractivity contribution is 5.81. The Bertz CT molecular complexity index is 528. The zero-order chi connectivity index (χ0) is 15.5. The highest BCUT2D eigenvalue weighted by atomic mass is 16.3. The van der Waals surface area contributed by atoms with Gasteiger partial charge in [-0.25, -0.2) is 0 Å². The molecule has 0 atom stereocenters. The monoisotopic (exact) mass is 289 g/mol. The maximum atomic E-state index is 12.2. The summed E-state index contributed by atoms with van der Waals surface area (Å²) in [6, 6.07) is 5.88. The van der Waals surface area contributed by atoms with E-state index in [4.69, 9.17) is 9.68 Å². The summed E-state index contributed by atoms with van der Waals surface area (Å²) in [6.07, 6.45) is 1.90. The lowest BCUT2D eigenvalue weighted by molar-refractivity contribution is -0.140. The highest BCUT2D eigenvalue weighted by Crippen LogP contribution is 2.21. The van der Waals surface area contributed by atoms with Crippen molar-refractivity contribution < 1.29 is 9.21 Å². The Morgan fingerprint density at radius 2 is 2.10 bits per heavy atom. The van der Waals surface area contributed by atoms with Crippen LogP contribution in [0.2, 0.25) is 0 Å². The number of nitriles is 1. The van der Waals surface area contributed by atoms with Gasteiger partial charge in [-0.3, -0.25) is 4.79 Å². The number of furan rings is 1. The van der Waals surface area contributed by atoms with Gasteiger partial charge in [-0.1, -0.05) is 20.8 Å². The largest absolute Gasteiger partial charge is 0.449 e. The van der Waals surface area contributed by atoms with Gasteiger partial charge in [-0.15, -0.1) is 0 Å². The Kier molecular flexibility index (Phi) is 4.69. The van der Waals surface area contributed by atoms with Gasteiger partial charge in [0.05, 0.1) is 6.54 Å². The second kappa shape index (κ2) is 6.31. The van der Waals surface area contributed by atoms with Crippen molar-refractivity contribution in [2.45, 2.75) is 46.2 Å². The summed E-state index contributed by atoms with van der Waals surface area (Å²) in [5.41, 5.74) is -0.303. The first kappa shape index (κ1) is 15.6. The molecule has 0 aromatic carbocycles. The lowest BCUT2D eigenvalue weighted by Crippen LogP contribution is -2.48. The average Bonchev–Trinajstić information content (AvgIpc) is 2.92. The van der Waals surface area contributed by atoms with Crippen LogP contribution in [0.3, 0.4) is 0 Å². The number of likely N-dealkylation sites (tertiary alicyclic amines) is 1. The highest BCUT2D eigenvalue weighted by Gasteiger charge is 2.30. The normalized spacial score (nSPS) is 16.8. The number of hydrogen-bond donors (Lipinski definition) is 1. The van der Waals surface area contributed by atoms with E-state index < -0.39 is 0 Å². The predicted octanol–water partition coefficient (Wildman–Crippen LogP) is 2.28. The second-order valence-corrected chi connectivity index (χ2v) is 6.58. The Balaban J connectivity index is 1.77. The van der Waals surface area contributed by atoms with Crippen molar-refractivity contribution in [1.29, 1.82) is 5.26 Å². The van der Waals surface area contributed by atoms with E-state index in [-0.39, 0.29) is 11.3 Å². The molecule has 1 amide bonds. The summed E-state index contributed by atoms with van der Waals surface area (Å²) < 4.78 is 5.34. The molecule has 1 fully saturated rings. The number of carbonyl (C=O) groups excluding carboxylic acids is 1. The Hall–Kier alpha value is -1.80. The van der Waals surface area contributed by atoms with Crippen LogP contribution in [0.5, 0.6) is 0 Å². The molecule has 0 saturated carbocycles. The van der Waals surface area contributed by atoms with E-state index >= 15 is 0 Å². The minimum Gasteiger partial charge on any atom is -0.449 e. The molecule has 2 heterocycles. The molecular formula is C16H23N3O2. The molecule has 1 aliphatic heterocycles. The van der Waals surface area contributed by atoms with Crippen LogP contribution in [0.25, 0.3) is 0 Å². The van der Waals surface area contributed by atoms with Crippen molar-refractivity contribution >= 4 is 5.91 Å². The summed E-state index contributed by atoms with van der Waals surface area (Å²) in [5, 5.41) is 12.1. The molecule has 0 radical (unpaired) electrons. The SMILES string of the molecule is CC(C)(C)C(=O)N1CCC(NCc2ccc(C#N)o2)CC1. The van der Waals surface area contributed by atoms with Crippen LogP contribution in [-0.2, 0) is 11.3 Å². The molecule has 1 aromatic rings. The Morgan fingerprint density at radius 1 is 1.43 bits per heavy atom. The van der Waals surface area contributed by atoms with E-state index in [0.29, 0.717) is 18.3 Å². The molecule has 114 valence electrons. The summed E-state index contributed by atoms with van der Waals surface area (Å²) in [6.45, 7) is 8.11. The van der Waals surface area contributed by atoms with Crippen molar-refractivity contribution in [1.82, 2.24) is 10.2 Å². The molecular weight excluding hydrogens is 266 g/mol. The molecule has 21 heavy (non-hydrogen) atoms. The fraction of sp³-hybridized carbons (Fsp3) is 0.625. The summed E-state index contributed by atoms with van der Waals surface area (Å²) >= 11 is 0. The third-order valence-corrected chi connectivity index (χ3v) is 3.76. The van der Waals surface area contributed by atoms with Crippen LogP contribution < -0.4 is 5.32 Å². The molecule has 0 spiro atoms. The molecule has 0 aliphatic carbocycles. The zero-order valence-electron chi connectivity index (χ0n) is 13.0. The molecule has 2 rings (SSSR count). The molecule has 5 heteroatoms. The van der Waals surface area contributed by atoms with Crippen LogP contribution >= 0.6 is 0 Å². The zero-order valence-corrected chi connectivity index (χ0v) is 13.0. The van der Waals surface area contributed by atoms with E-state index in [2.05, 4.69) is 5.32 Å². The maximum absolute atomic E-state index is 12.2. The first-order chi connectivity index (χ1) is 9.90. The third-order valence-electron chi connectivity index (χ3n) is 3.76. The summed E-state index contributed by atoms with van der Waals surface area (Å²) in [7, 11) is 0. The fourth-order valence-electron chi connectivity index (χ4n) is 2.54. The van der Waals surface area contributed by atoms with E-state index in [1.165, 1.54) is 0 Å². The quantitative estimate of drug-likeness (QED) is 0.927. The summed E-state index contributed by atoms with van der Waals surface area (Å²) in [4.78, 5) is 14.2. The van der Waals surface area contributed by atoms with Crippen molar-refractivity contribution in [3.8, 4) is 6.07 Å². The Labute approximate surface area is 125 Å². The van der Waals surface area contributed by atoms with Gasteiger partial charge in [0.25, 0.3) is 0 Å². The number of amides is 1. The number of rotatable bonds is 3. The van der Waals surface area contributed by atoms with Crippen LogP contribution in [0.15, 0.2) is 16.5 Å². The summed E-state index contributed by atoms with van der Waals surface area (Å²) in [5.74, 6) is 1.35. The smallest absolute Gasteiger partial charge is 0.227 e. The molecule has 5 nitrogen and oxygen atoms in total. The van der Waals surface area contributed by atoms with Crippen molar-refractivity contribution in [3.05, 3.63) is 23.7 Å². The predicted molar refractivity (Wildman–Crippen MR) is 79.3 cm³/mol. The number of piperidine rings is 1. The number of nitrogens with one attached hydrogen (secondary N) is 1.